The average Bonchev–Trinajstić information content (AvgIpc) is 3.83. The molecule has 4 N–H and O–H groups in total. The summed E-state index contributed by atoms with van der Waals surface area (Å²) in [6, 6.07) is 4.38. The third-order valence-corrected chi connectivity index (χ3v) is 12.0. The van der Waals surface area contributed by atoms with Gasteiger partial charge >= 0.3 is 17.9 Å². The Balaban J connectivity index is 1.33. The van der Waals surface area contributed by atoms with Crippen LogP contribution in [0.3, 0.4) is 0 Å². The van der Waals surface area contributed by atoms with Crippen LogP contribution in [0.2, 0.25) is 0 Å². The van der Waals surface area contributed by atoms with Crippen molar-refractivity contribution < 1.29 is 62.7 Å². The third-order valence-electron chi connectivity index (χ3n) is 12.0. The lowest BCUT2D eigenvalue weighted by Crippen LogP contribution is -2.71. The average molecular weight is 814 g/mol. The minimum atomic E-state index is -1.64. The van der Waals surface area contributed by atoms with Gasteiger partial charge in [0.1, 0.15) is 42.5 Å². The molecule has 16 nitrogen and oxygen atoms in total. The van der Waals surface area contributed by atoms with Crippen LogP contribution in [0.5, 0.6) is 0 Å². The molecule has 16 heteroatoms. The number of ether oxygens (including phenoxy) is 5. The van der Waals surface area contributed by atoms with Crippen LogP contribution >= 0.6 is 0 Å². The number of carbonyl (C=O) groups is 5. The molecule has 2 bridgehead atoms. The molecular weight excluding hydrogens is 754 g/mol. The molecule has 4 heterocycles. The summed E-state index contributed by atoms with van der Waals surface area (Å²) in [4.78, 5) is 74.2. The number of aliphatic hydroxyl groups is 2. The number of benzene rings is 1. The van der Waals surface area contributed by atoms with E-state index in [9.17, 15) is 34.2 Å². The molecule has 0 radical (unpaired) electrons. The number of nitrogens with one attached hydrogen (secondary N) is 2. The minimum Gasteiger partial charge on any atom is -0.462 e. The predicted molar refractivity (Wildman–Crippen MR) is 206 cm³/mol. The van der Waals surface area contributed by atoms with Gasteiger partial charge in [0, 0.05) is 37.3 Å². The monoisotopic (exact) mass is 813 g/mol. The molecule has 0 aromatic heterocycles. The van der Waals surface area contributed by atoms with Crippen molar-refractivity contribution >= 4 is 35.8 Å². The summed E-state index contributed by atoms with van der Waals surface area (Å²) in [5, 5.41) is 26.6. The summed E-state index contributed by atoms with van der Waals surface area (Å²) in [7, 11) is 0. The highest BCUT2D eigenvalue weighted by Crippen LogP contribution is 2.58. The van der Waals surface area contributed by atoms with E-state index in [-0.39, 0.29) is 32.7 Å². The van der Waals surface area contributed by atoms with E-state index >= 15 is 0 Å². The number of cyclic esters (lactones) is 1. The zero-order valence-electron chi connectivity index (χ0n) is 34.1. The smallest absolute Gasteiger partial charge is 0.348 e. The Hall–Kier alpha value is -3.93. The molecule has 1 aromatic carbocycles. The maximum atomic E-state index is 14.9. The first kappa shape index (κ1) is 43.6. The molecule has 0 spiro atoms. The molecule has 5 aliphatic rings. The van der Waals surface area contributed by atoms with Gasteiger partial charge in [-0.3, -0.25) is 19.2 Å². The SMILES string of the molecule is CCCCCC1(CCCCC)O[C@@H]2[C@H](O1)[C@H]1ON(Cc3ccccc3C=CC(=O)O[C@H]3C(=O)OCC3(C)C)[C@H]3C(=O)O[C@@H]2C[C@@]13C(=O)N[C@@H](C(=O)NCCO)[C@H](C)O. The summed E-state index contributed by atoms with van der Waals surface area (Å²) >= 11 is 0. The number of hydrogen-bond donors (Lipinski definition) is 4. The molecule has 9 atom stereocenters. The van der Waals surface area contributed by atoms with Crippen LogP contribution in [-0.4, -0.2) is 119 Å². The zero-order valence-corrected chi connectivity index (χ0v) is 34.1. The maximum absolute atomic E-state index is 14.9. The second kappa shape index (κ2) is 18.1. The van der Waals surface area contributed by atoms with E-state index in [1.165, 1.54) is 24.1 Å². The maximum Gasteiger partial charge on any atom is 0.348 e. The molecule has 58 heavy (non-hydrogen) atoms. The van der Waals surface area contributed by atoms with Crippen molar-refractivity contribution in [1.82, 2.24) is 15.7 Å². The summed E-state index contributed by atoms with van der Waals surface area (Å²) in [5.41, 5.74) is -1.13. The lowest BCUT2D eigenvalue weighted by atomic mass is 9.62. The lowest BCUT2D eigenvalue weighted by Gasteiger charge is -2.49. The van der Waals surface area contributed by atoms with E-state index in [4.69, 9.17) is 28.5 Å². The number of fused-ring (bicyclic) bond motifs is 4. The van der Waals surface area contributed by atoms with Crippen LogP contribution in [0.4, 0.5) is 0 Å². The normalized spacial score (nSPS) is 30.3. The number of carbonyl (C=O) groups excluding carboxylic acids is 5. The van der Waals surface area contributed by atoms with Gasteiger partial charge in [-0.15, -0.1) is 0 Å². The van der Waals surface area contributed by atoms with Gasteiger partial charge in [0.15, 0.2) is 11.8 Å². The van der Waals surface area contributed by atoms with Crippen LogP contribution in [0.25, 0.3) is 6.08 Å². The number of unbranched alkanes of at least 4 members (excludes halogenated alkanes) is 4. The zero-order chi connectivity index (χ0) is 41.8. The van der Waals surface area contributed by atoms with E-state index in [1.807, 2.05) is 0 Å². The van der Waals surface area contributed by atoms with Gasteiger partial charge in [-0.2, -0.15) is 5.06 Å². The van der Waals surface area contributed by atoms with Crippen LogP contribution in [0, 0.1) is 10.8 Å². The summed E-state index contributed by atoms with van der Waals surface area (Å²) < 4.78 is 30.4. The fourth-order valence-corrected chi connectivity index (χ4v) is 8.92. The molecule has 6 rings (SSSR count). The van der Waals surface area contributed by atoms with Gasteiger partial charge in [0.25, 0.3) is 0 Å². The van der Waals surface area contributed by atoms with Crippen LogP contribution < -0.4 is 10.6 Å². The van der Waals surface area contributed by atoms with Crippen molar-refractivity contribution in [2.24, 2.45) is 10.8 Å². The first-order chi connectivity index (χ1) is 27.7. The van der Waals surface area contributed by atoms with Crippen molar-refractivity contribution in [2.45, 2.75) is 153 Å². The van der Waals surface area contributed by atoms with E-state index in [1.54, 1.807) is 38.1 Å². The van der Waals surface area contributed by atoms with Gasteiger partial charge in [0.2, 0.25) is 17.9 Å². The molecular formula is C42H59N3O13. The van der Waals surface area contributed by atoms with E-state index < -0.39 is 95.0 Å². The van der Waals surface area contributed by atoms with E-state index in [0.29, 0.717) is 24.0 Å². The highest BCUT2D eigenvalue weighted by molar-refractivity contribution is 5.96. The fourth-order valence-electron chi connectivity index (χ4n) is 8.92. The van der Waals surface area contributed by atoms with Crippen molar-refractivity contribution in [2.75, 3.05) is 19.8 Å². The topological polar surface area (TPSA) is 208 Å². The quantitative estimate of drug-likeness (QED) is 0.0686. The van der Waals surface area contributed by atoms with E-state index in [0.717, 1.165) is 38.5 Å². The Morgan fingerprint density at radius 3 is 2.34 bits per heavy atom. The van der Waals surface area contributed by atoms with Gasteiger partial charge < -0.3 is 44.5 Å². The summed E-state index contributed by atoms with van der Waals surface area (Å²) in [6.07, 6.45) is 3.68. The Kier molecular flexibility index (Phi) is 13.6. The molecule has 0 unspecified atom stereocenters. The highest BCUT2D eigenvalue weighted by atomic mass is 16.8. The van der Waals surface area contributed by atoms with Gasteiger partial charge in [-0.25, -0.2) is 9.59 Å². The number of hydroxylamine groups is 2. The number of esters is 3. The van der Waals surface area contributed by atoms with Crippen molar-refractivity contribution in [1.29, 1.82) is 0 Å². The molecule has 1 aliphatic carbocycles. The van der Waals surface area contributed by atoms with Crippen molar-refractivity contribution in [3.63, 3.8) is 0 Å². The van der Waals surface area contributed by atoms with E-state index in [2.05, 4.69) is 24.5 Å². The molecule has 4 aliphatic heterocycles. The van der Waals surface area contributed by atoms with Crippen LogP contribution in [-0.2, 0) is 59.0 Å². The predicted octanol–water partition coefficient (Wildman–Crippen LogP) is 2.61. The summed E-state index contributed by atoms with van der Waals surface area (Å²) in [6.45, 7) is 8.79. The van der Waals surface area contributed by atoms with Gasteiger partial charge in [-0.1, -0.05) is 77.6 Å². The highest BCUT2D eigenvalue weighted by Gasteiger charge is 2.76. The molecule has 4 saturated heterocycles. The Bertz CT molecular complexity index is 1710. The first-order valence-electron chi connectivity index (χ1n) is 20.7. The van der Waals surface area contributed by atoms with Crippen molar-refractivity contribution in [3.8, 4) is 0 Å². The minimum absolute atomic E-state index is 0.000931. The molecule has 2 amide bonds. The van der Waals surface area contributed by atoms with Crippen LogP contribution in [0.15, 0.2) is 30.3 Å². The second-order valence-electron chi connectivity index (χ2n) is 16.9. The number of aliphatic hydroxyl groups excluding tert-OH is 2. The molecule has 1 aromatic rings. The fraction of sp³-hybridized carbons (Fsp3) is 0.690. The van der Waals surface area contributed by atoms with Gasteiger partial charge in [0.05, 0.1) is 19.3 Å². The Morgan fingerprint density at radius 2 is 1.71 bits per heavy atom. The molecule has 1 saturated carbocycles. The number of rotatable bonds is 19. The Labute approximate surface area is 339 Å². The number of nitrogens with zero attached hydrogens (tertiary/aromatic N) is 1. The summed E-state index contributed by atoms with van der Waals surface area (Å²) in [5.74, 6) is -4.46. The lowest BCUT2D eigenvalue weighted by molar-refractivity contribution is -0.224. The first-order valence-corrected chi connectivity index (χ1v) is 20.7. The second-order valence-corrected chi connectivity index (χ2v) is 16.9. The molecule has 5 fully saturated rings. The Morgan fingerprint density at radius 1 is 1.02 bits per heavy atom. The number of amides is 2. The van der Waals surface area contributed by atoms with Crippen LogP contribution in [0.1, 0.15) is 104 Å². The standard InChI is InChI=1S/C42H59N3O13/c1-6-8-12-18-41(19-13-9-7-2)56-31-28-22-42(39(52)44-30(25(3)47)36(49)43-20-21-46)33(37(50)54-28)45(58-34(42)32(31)57-41)23-27-15-11-10-14-26(27)16-17-29(48)55-35-38(51)53-24-40(35,4)5/h10-11,14-17,25,28,30-35,46-47H,6-9,12-13,18-24H2,1-5H3,(H,43,49)(H,44,52)/t25-,28+,30+,31-,32-,33-,34+,35-,42-/m0/s1. The molecule has 320 valence electrons. The van der Waals surface area contributed by atoms with Crippen molar-refractivity contribution in [3.05, 3.63) is 41.5 Å². The number of hydrogen-bond acceptors (Lipinski definition) is 14. The van der Waals surface area contributed by atoms with Gasteiger partial charge in [-0.05, 0) is 37.0 Å². The largest absolute Gasteiger partial charge is 0.462 e. The third kappa shape index (κ3) is 8.68.